The van der Waals surface area contributed by atoms with Gasteiger partial charge in [-0.25, -0.2) is 0 Å². The Bertz CT molecular complexity index is 1610. The molecular weight excluding hydrogens is 717 g/mol. The van der Waals surface area contributed by atoms with Gasteiger partial charge in [-0.2, -0.15) is 4.80 Å². The molecule has 0 unspecified atom stereocenters. The number of benzene rings is 1. The molecule has 2 aromatic heterocycles. The lowest BCUT2D eigenvalue weighted by Gasteiger charge is -2.29. The van der Waals surface area contributed by atoms with Crippen molar-refractivity contribution in [1.82, 2.24) is 55.2 Å². The van der Waals surface area contributed by atoms with E-state index in [0.29, 0.717) is 49.8 Å². The molecule has 0 aliphatic heterocycles. The number of anilines is 1. The van der Waals surface area contributed by atoms with Crippen LogP contribution in [0.15, 0.2) is 30.5 Å². The Morgan fingerprint density at radius 2 is 1.48 bits per heavy atom. The maximum absolute atomic E-state index is 13.6. The van der Waals surface area contributed by atoms with Crippen LogP contribution in [0.5, 0.6) is 0 Å². The van der Waals surface area contributed by atoms with Crippen molar-refractivity contribution in [2.45, 2.75) is 45.7 Å². The molecule has 20 heteroatoms. The third-order valence-electron chi connectivity index (χ3n) is 7.75. The Balaban J connectivity index is 1.60. The zero-order valence-corrected chi connectivity index (χ0v) is 31.3. The van der Waals surface area contributed by atoms with E-state index < -0.39 is 36.7 Å². The minimum atomic E-state index is -0.754. The molecule has 0 fully saturated rings. The minimum Gasteiger partial charge on any atom is -0.369 e. The van der Waals surface area contributed by atoms with Crippen molar-refractivity contribution < 1.29 is 24.0 Å². The van der Waals surface area contributed by atoms with Crippen LogP contribution < -0.4 is 16.0 Å². The summed E-state index contributed by atoms with van der Waals surface area (Å²) in [4.78, 5) is 71.8. The number of aryl methyl sites for hydroxylation is 3. The molecular formula is C32H47Cl2N13O5. The molecule has 0 atom stereocenters. The molecule has 0 radical (unpaired) electrons. The first kappa shape index (κ1) is 41.6. The molecule has 284 valence electrons. The number of aromatic nitrogens is 7. The first-order valence-electron chi connectivity index (χ1n) is 16.8. The third-order valence-corrected chi connectivity index (χ3v) is 8.09. The lowest BCUT2D eigenvalue weighted by molar-refractivity contribution is -0.145. The Hall–Kier alpha value is -4.84. The van der Waals surface area contributed by atoms with Crippen molar-refractivity contribution in [1.29, 1.82) is 0 Å². The number of rotatable bonds is 23. The molecule has 0 aliphatic carbocycles. The van der Waals surface area contributed by atoms with Crippen LogP contribution in [-0.4, -0.2) is 137 Å². The van der Waals surface area contributed by atoms with Gasteiger partial charge in [-0.05, 0) is 42.2 Å². The molecule has 0 bridgehead atoms. The van der Waals surface area contributed by atoms with Gasteiger partial charge in [-0.15, -0.1) is 38.5 Å². The molecule has 18 nitrogen and oxygen atoms in total. The van der Waals surface area contributed by atoms with Crippen molar-refractivity contribution in [3.05, 3.63) is 47.5 Å². The maximum atomic E-state index is 13.6. The smallest absolute Gasteiger partial charge is 0.243 e. The summed E-state index contributed by atoms with van der Waals surface area (Å²) in [5, 5.41) is 22.2. The largest absolute Gasteiger partial charge is 0.369 e. The van der Waals surface area contributed by atoms with E-state index in [1.54, 1.807) is 20.3 Å². The van der Waals surface area contributed by atoms with Gasteiger partial charge in [0.1, 0.15) is 12.2 Å². The molecule has 3 N–H and O–H groups in total. The summed E-state index contributed by atoms with van der Waals surface area (Å²) in [6.07, 6.45) is 3.55. The second-order valence-electron chi connectivity index (χ2n) is 12.0. The van der Waals surface area contributed by atoms with Crippen molar-refractivity contribution in [2.75, 3.05) is 62.5 Å². The Labute approximate surface area is 312 Å². The van der Waals surface area contributed by atoms with Gasteiger partial charge in [0.2, 0.25) is 29.5 Å². The number of carbonyl (C=O) groups is 5. The summed E-state index contributed by atoms with van der Waals surface area (Å²) in [6, 6.07) is 8.03. The second kappa shape index (κ2) is 21.5. The van der Waals surface area contributed by atoms with E-state index in [0.717, 1.165) is 16.2 Å². The Morgan fingerprint density at radius 1 is 0.827 bits per heavy atom. The van der Waals surface area contributed by atoms with Crippen LogP contribution in [0.1, 0.15) is 43.3 Å². The predicted octanol–water partition coefficient (Wildman–Crippen LogP) is -0.157. The average Bonchev–Trinajstić information content (AvgIpc) is 3.72. The zero-order valence-electron chi connectivity index (χ0n) is 29.8. The molecule has 3 rings (SSSR count). The highest BCUT2D eigenvalue weighted by atomic mass is 35.5. The van der Waals surface area contributed by atoms with Gasteiger partial charge in [0.25, 0.3) is 0 Å². The molecule has 0 aliphatic rings. The fraction of sp³-hybridized carbons (Fsp3) is 0.562. The number of carbonyl (C=O) groups excluding carboxylic acids is 5. The lowest BCUT2D eigenvalue weighted by atomic mass is 10.1. The number of hydrogen-bond donors (Lipinski definition) is 2. The number of nitrogens with one attached hydrogen (secondary N) is 1. The van der Waals surface area contributed by atoms with Gasteiger partial charge in [0, 0.05) is 56.7 Å². The number of nitrogens with zero attached hydrogens (tertiary/aromatic N) is 11. The van der Waals surface area contributed by atoms with Crippen molar-refractivity contribution in [2.24, 2.45) is 19.8 Å². The van der Waals surface area contributed by atoms with Gasteiger partial charge in [-0.1, -0.05) is 24.3 Å². The number of hydrogen-bond acceptors (Lipinski definition) is 11. The van der Waals surface area contributed by atoms with Crippen LogP contribution in [-0.2, 0) is 57.6 Å². The van der Waals surface area contributed by atoms with Crippen molar-refractivity contribution in [3.63, 3.8) is 0 Å². The normalized spacial score (nSPS) is 10.9. The van der Waals surface area contributed by atoms with E-state index in [1.165, 1.54) is 19.3 Å². The lowest BCUT2D eigenvalue weighted by Crippen LogP contribution is -2.49. The van der Waals surface area contributed by atoms with E-state index in [4.69, 9.17) is 28.9 Å². The highest BCUT2D eigenvalue weighted by Crippen LogP contribution is 2.17. The van der Waals surface area contributed by atoms with Crippen LogP contribution in [0.2, 0.25) is 0 Å². The maximum Gasteiger partial charge on any atom is 0.243 e. The molecule has 2 heterocycles. The van der Waals surface area contributed by atoms with Gasteiger partial charge in [0.05, 0.1) is 39.8 Å². The molecule has 0 saturated carbocycles. The molecule has 0 saturated heterocycles. The summed E-state index contributed by atoms with van der Waals surface area (Å²) < 4.78 is 1.46. The summed E-state index contributed by atoms with van der Waals surface area (Å²) in [5.41, 5.74) is 7.90. The van der Waals surface area contributed by atoms with E-state index in [-0.39, 0.29) is 50.9 Å². The average molecular weight is 765 g/mol. The van der Waals surface area contributed by atoms with E-state index in [1.807, 2.05) is 31.2 Å². The third kappa shape index (κ3) is 14.1. The fourth-order valence-corrected chi connectivity index (χ4v) is 5.64. The monoisotopic (exact) mass is 763 g/mol. The van der Waals surface area contributed by atoms with Gasteiger partial charge >= 0.3 is 0 Å². The molecule has 3 aromatic rings. The summed E-state index contributed by atoms with van der Waals surface area (Å²) in [5.74, 6) is -1.49. The highest BCUT2D eigenvalue weighted by molar-refractivity contribution is 6.18. The van der Waals surface area contributed by atoms with Crippen LogP contribution in [0.4, 0.5) is 5.69 Å². The van der Waals surface area contributed by atoms with E-state index in [2.05, 4.69) is 35.9 Å². The molecule has 5 amide bonds. The number of halogens is 2. The first-order valence-corrected chi connectivity index (χ1v) is 17.9. The van der Waals surface area contributed by atoms with Gasteiger partial charge in [0.15, 0.2) is 5.82 Å². The number of amides is 5. The summed E-state index contributed by atoms with van der Waals surface area (Å²) in [6.45, 7) is 1.66. The highest BCUT2D eigenvalue weighted by Gasteiger charge is 2.27. The quantitative estimate of drug-likeness (QED) is 0.121. The second-order valence-corrected chi connectivity index (χ2v) is 12.8. The van der Waals surface area contributed by atoms with Gasteiger partial charge in [-0.3, -0.25) is 28.7 Å². The van der Waals surface area contributed by atoms with Crippen molar-refractivity contribution >= 4 is 58.4 Å². The van der Waals surface area contributed by atoms with Crippen LogP contribution >= 0.6 is 23.2 Å². The minimum absolute atomic E-state index is 0.0580. The molecule has 0 spiro atoms. The fourth-order valence-electron chi connectivity index (χ4n) is 5.24. The SMILES string of the molecule is CCCN(CC(=O)N(CC(N)=O)Cc1nnn(C)n1)C(=O)CN(Cc1cn(C)nn1)C(=O)CNC(=O)CCCc1ccc(N(CCCl)CCCl)cc1. The van der Waals surface area contributed by atoms with E-state index >= 15 is 0 Å². The van der Waals surface area contributed by atoms with Crippen molar-refractivity contribution in [3.8, 4) is 0 Å². The van der Waals surface area contributed by atoms with Crippen LogP contribution in [0.3, 0.4) is 0 Å². The molecule has 1 aromatic carbocycles. The Kier molecular flexibility index (Phi) is 17.2. The van der Waals surface area contributed by atoms with Gasteiger partial charge < -0.3 is 30.7 Å². The number of primary amides is 1. The topological polar surface area (TPSA) is 211 Å². The number of tetrazole rings is 1. The predicted molar refractivity (Wildman–Crippen MR) is 193 cm³/mol. The first-order chi connectivity index (χ1) is 24.9. The van der Waals surface area contributed by atoms with Crippen LogP contribution in [0.25, 0.3) is 0 Å². The summed E-state index contributed by atoms with van der Waals surface area (Å²) >= 11 is 11.8. The van der Waals surface area contributed by atoms with Crippen LogP contribution in [0, 0.1) is 0 Å². The Morgan fingerprint density at radius 3 is 2.06 bits per heavy atom. The summed E-state index contributed by atoms with van der Waals surface area (Å²) in [7, 11) is 3.23. The molecule has 52 heavy (non-hydrogen) atoms. The standard InChI is InChI=1S/C32H47Cl2N13O5/c1-4-14-45(22-32(52)47(20-27(35)48)21-28-38-41-43(3)39-28)31(51)23-46(19-25-18-42(2)40-37-25)30(50)17-36-29(49)7-5-6-24-8-10-26(11-9-24)44(15-12-33)16-13-34/h8-11,18H,4-7,12-17,19-23H2,1-3H3,(H2,35,48)(H,36,49). The number of alkyl halides is 2. The number of nitrogens with two attached hydrogens (primary N) is 1. The van der Waals surface area contributed by atoms with E-state index in [9.17, 15) is 24.0 Å². The zero-order chi connectivity index (χ0) is 38.0.